The highest BCUT2D eigenvalue weighted by Crippen LogP contribution is 2.52. The number of aliphatic imine (C=N–C) groups is 1. The molecule has 272 valence electrons. The molecule has 3 aromatic carbocycles. The van der Waals surface area contributed by atoms with Gasteiger partial charge in [-0.3, -0.25) is 9.79 Å². The molecule has 15 nitrogen and oxygen atoms in total. The number of carboxylic acid groups (broad SMARTS) is 1. The van der Waals surface area contributed by atoms with Crippen molar-refractivity contribution in [1.82, 2.24) is 0 Å². The number of aliphatic carboxylic acids is 1. The van der Waals surface area contributed by atoms with Crippen LogP contribution < -0.4 is 21.6 Å². The third kappa shape index (κ3) is 5.86. The summed E-state index contributed by atoms with van der Waals surface area (Å²) in [5.41, 5.74) is 11.4. The van der Waals surface area contributed by atoms with Gasteiger partial charge in [-0.05, 0) is 65.1 Å². The number of guanidine groups is 1. The lowest BCUT2D eigenvalue weighted by Crippen LogP contribution is -2.70. The van der Waals surface area contributed by atoms with Crippen molar-refractivity contribution in [1.29, 1.82) is 0 Å². The fourth-order valence-electron chi connectivity index (χ4n) is 7.67. The van der Waals surface area contributed by atoms with Crippen LogP contribution in [0.5, 0.6) is 23.0 Å². The van der Waals surface area contributed by atoms with Crippen molar-refractivity contribution in [2.75, 3.05) is 6.54 Å². The van der Waals surface area contributed by atoms with Gasteiger partial charge in [0, 0.05) is 17.7 Å². The Hall–Kier alpha value is -5.61. The van der Waals surface area contributed by atoms with Gasteiger partial charge in [0.2, 0.25) is 12.0 Å². The zero-order valence-corrected chi connectivity index (χ0v) is 27.5. The molecule has 3 aliphatic rings. The van der Waals surface area contributed by atoms with Crippen LogP contribution in [0.3, 0.4) is 0 Å². The van der Waals surface area contributed by atoms with Gasteiger partial charge in [-0.1, -0.05) is 43.2 Å². The number of nitrogens with two attached hydrogens (primary N) is 2. The molecule has 4 aromatic rings. The number of aliphatic hydroxyl groups is 3. The smallest absolute Gasteiger partial charge is 0.335 e. The molecular formula is C37H37N3O12. The van der Waals surface area contributed by atoms with Gasteiger partial charge in [0.05, 0.1) is 6.54 Å². The topological polar surface area (TPSA) is 272 Å². The van der Waals surface area contributed by atoms with Crippen LogP contribution in [0.1, 0.15) is 48.3 Å². The number of fused-ring (bicyclic) bond motifs is 4. The second-order valence-electron chi connectivity index (χ2n) is 13.4. The highest BCUT2D eigenvalue weighted by atomic mass is 16.7. The van der Waals surface area contributed by atoms with E-state index < -0.39 is 76.7 Å². The molecule has 0 unspecified atom stereocenters. The summed E-state index contributed by atoms with van der Waals surface area (Å²) >= 11 is 0. The van der Waals surface area contributed by atoms with E-state index in [1.165, 1.54) is 11.6 Å². The lowest BCUT2D eigenvalue weighted by molar-refractivity contribution is -0.303. The lowest BCUT2D eigenvalue weighted by atomic mass is 9.66. The van der Waals surface area contributed by atoms with Gasteiger partial charge >= 0.3 is 5.97 Å². The first-order chi connectivity index (χ1) is 24.8. The molecule has 2 heterocycles. The molecular weight excluding hydrogens is 678 g/mol. The average Bonchev–Trinajstić information content (AvgIpc) is 3.12. The SMILES string of the molecule is NC(N)=NC[C@]1(O)[C@H](O)[C@@H](C(=O)O)O[C@H](Oc2cc3oc(-c4ccc(O)cc4C4=Cc5ccccc5[C@@H]5CCCC[C@@H]45)cc(=O)c3c(O)c2O)[C@@H]1O. The number of benzene rings is 3. The quantitative estimate of drug-likeness (QED) is 0.0755. The number of aromatic hydroxyl groups is 3. The zero-order chi connectivity index (χ0) is 37.1. The van der Waals surface area contributed by atoms with Gasteiger partial charge in [0.1, 0.15) is 40.3 Å². The molecule has 11 N–H and O–H groups in total. The van der Waals surface area contributed by atoms with Crippen LogP contribution in [0, 0.1) is 5.92 Å². The Morgan fingerprint density at radius 1 is 0.942 bits per heavy atom. The number of nitrogens with zero attached hydrogens (tertiary/aromatic N) is 1. The number of carboxylic acids is 1. The summed E-state index contributed by atoms with van der Waals surface area (Å²) in [6, 6.07) is 15.1. The Labute approximate surface area is 295 Å². The van der Waals surface area contributed by atoms with Crippen molar-refractivity contribution in [3.05, 3.63) is 81.5 Å². The molecule has 0 amide bonds. The number of phenols is 3. The van der Waals surface area contributed by atoms with Crippen LogP contribution >= 0.6 is 0 Å². The number of hydrogen-bond acceptors (Lipinski definition) is 12. The molecule has 1 saturated heterocycles. The molecule has 2 aliphatic carbocycles. The lowest BCUT2D eigenvalue weighted by Gasteiger charge is -2.45. The number of ether oxygens (including phenoxy) is 2. The first kappa shape index (κ1) is 34.8. The minimum Gasteiger partial charge on any atom is -0.508 e. The van der Waals surface area contributed by atoms with Gasteiger partial charge in [-0.25, -0.2) is 4.79 Å². The fourth-order valence-corrected chi connectivity index (χ4v) is 7.67. The zero-order valence-electron chi connectivity index (χ0n) is 27.5. The van der Waals surface area contributed by atoms with Crippen molar-refractivity contribution in [3.8, 4) is 34.3 Å². The predicted octanol–water partition coefficient (Wildman–Crippen LogP) is 2.32. The minimum absolute atomic E-state index is 0.00267. The number of rotatable bonds is 7. The molecule has 7 rings (SSSR count). The van der Waals surface area contributed by atoms with E-state index in [0.29, 0.717) is 11.1 Å². The van der Waals surface area contributed by atoms with Crippen LogP contribution in [-0.4, -0.2) is 84.4 Å². The van der Waals surface area contributed by atoms with Crippen LogP contribution in [0.4, 0.5) is 0 Å². The van der Waals surface area contributed by atoms with Gasteiger partial charge in [-0.15, -0.1) is 0 Å². The summed E-state index contributed by atoms with van der Waals surface area (Å²) in [6.45, 7) is -0.865. The highest BCUT2D eigenvalue weighted by molar-refractivity contribution is 5.94. The Balaban J connectivity index is 1.32. The summed E-state index contributed by atoms with van der Waals surface area (Å²) in [4.78, 5) is 29.1. The maximum absolute atomic E-state index is 13.6. The first-order valence-corrected chi connectivity index (χ1v) is 16.6. The Morgan fingerprint density at radius 2 is 1.67 bits per heavy atom. The Morgan fingerprint density at radius 3 is 2.40 bits per heavy atom. The number of aliphatic hydroxyl groups excluding tert-OH is 2. The summed E-state index contributed by atoms with van der Waals surface area (Å²) in [6.07, 6.45) is -2.56. The molecule has 52 heavy (non-hydrogen) atoms. The fraction of sp³-hybridized carbons (Fsp3) is 0.324. The van der Waals surface area contributed by atoms with Crippen LogP contribution in [0.2, 0.25) is 0 Å². The van der Waals surface area contributed by atoms with E-state index in [2.05, 4.69) is 17.1 Å². The molecule has 2 fully saturated rings. The van der Waals surface area contributed by atoms with E-state index in [0.717, 1.165) is 49.0 Å². The maximum Gasteiger partial charge on any atom is 0.335 e. The summed E-state index contributed by atoms with van der Waals surface area (Å²) < 4.78 is 17.0. The van der Waals surface area contributed by atoms with Gasteiger partial charge in [0.25, 0.3) is 0 Å². The Kier molecular flexibility index (Phi) is 8.82. The molecule has 0 radical (unpaired) electrons. The molecule has 1 aromatic heterocycles. The molecule has 1 aliphatic heterocycles. The van der Waals surface area contributed by atoms with E-state index in [1.807, 2.05) is 18.2 Å². The average molecular weight is 716 g/mol. The molecule has 15 heteroatoms. The second kappa shape index (κ2) is 13.2. The van der Waals surface area contributed by atoms with Crippen LogP contribution in [0.15, 0.2) is 68.8 Å². The largest absolute Gasteiger partial charge is 0.508 e. The van der Waals surface area contributed by atoms with E-state index in [9.17, 15) is 45.3 Å². The highest BCUT2D eigenvalue weighted by Gasteiger charge is 2.58. The number of allylic oxidation sites excluding steroid dienone is 1. The van der Waals surface area contributed by atoms with E-state index >= 15 is 0 Å². The van der Waals surface area contributed by atoms with Gasteiger partial charge in [0.15, 0.2) is 29.0 Å². The first-order valence-electron chi connectivity index (χ1n) is 16.6. The Bertz CT molecular complexity index is 2190. The number of hydrogen-bond donors (Lipinski definition) is 9. The number of carbonyl (C=O) groups is 1. The molecule has 0 bridgehead atoms. The van der Waals surface area contributed by atoms with Crippen LogP contribution in [-0.2, 0) is 9.53 Å². The van der Waals surface area contributed by atoms with Crippen LogP contribution in [0.25, 0.3) is 33.9 Å². The molecule has 7 atom stereocenters. The molecule has 1 saturated carbocycles. The normalized spacial score (nSPS) is 26.9. The molecule has 0 spiro atoms. The van der Waals surface area contributed by atoms with E-state index in [-0.39, 0.29) is 28.9 Å². The summed E-state index contributed by atoms with van der Waals surface area (Å²) in [7, 11) is 0. The summed E-state index contributed by atoms with van der Waals surface area (Å²) in [5, 5.41) is 74.5. The number of phenolic OH excluding ortho intramolecular Hbond substituents is 3. The summed E-state index contributed by atoms with van der Waals surface area (Å²) in [5.74, 6) is -4.39. The minimum atomic E-state index is -2.72. The van der Waals surface area contributed by atoms with Crippen molar-refractivity contribution in [2.45, 2.75) is 61.8 Å². The standard InChI is InChI=1S/C37H37N3O12/c38-36(39)40-15-37(49)32(45)31(34(47)48)52-35(33(37)46)51-27-14-26-28(30(44)29(27)43)24(42)13-25(50-26)21-10-9-17(41)12-23(21)22-11-16-5-1-2-6-18(16)19-7-3-4-8-20(19)22/h1-2,5-6,9-14,19-20,31-33,35,41,43-46,49H,3-4,7-8,15H2,(H,47,48)(H4,38,39,40)/t19-,20+,31-,32+,33-,35-,37-/m0/s1. The van der Waals surface area contributed by atoms with Crippen molar-refractivity contribution in [2.24, 2.45) is 22.4 Å². The second-order valence-corrected chi connectivity index (χ2v) is 13.4. The van der Waals surface area contributed by atoms with Crippen molar-refractivity contribution in [3.63, 3.8) is 0 Å². The monoisotopic (exact) mass is 715 g/mol. The predicted molar refractivity (Wildman–Crippen MR) is 186 cm³/mol. The maximum atomic E-state index is 13.6. The van der Waals surface area contributed by atoms with Crippen molar-refractivity contribution >= 4 is 34.5 Å². The van der Waals surface area contributed by atoms with E-state index in [4.69, 9.17) is 25.4 Å². The van der Waals surface area contributed by atoms with Gasteiger partial charge in [-0.2, -0.15) is 0 Å². The van der Waals surface area contributed by atoms with Crippen molar-refractivity contribution < 1.29 is 54.4 Å². The van der Waals surface area contributed by atoms with E-state index in [1.54, 1.807) is 12.1 Å². The third-order valence-electron chi connectivity index (χ3n) is 10.2. The third-order valence-corrected chi connectivity index (χ3v) is 10.2. The van der Waals surface area contributed by atoms with Gasteiger partial charge < -0.3 is 61.1 Å².